The third kappa shape index (κ3) is 5.77. The molecule has 28 heavy (non-hydrogen) atoms. The molecular weight excluding hydrogens is 399 g/mol. The fourth-order valence-electron chi connectivity index (χ4n) is 2.39. The first-order chi connectivity index (χ1) is 13.1. The number of rotatable bonds is 9. The van der Waals surface area contributed by atoms with E-state index in [1.807, 2.05) is 0 Å². The maximum absolute atomic E-state index is 13.0. The minimum atomic E-state index is -5.52. The van der Waals surface area contributed by atoms with Crippen molar-refractivity contribution in [2.45, 2.75) is 18.5 Å². The molecule has 0 amide bonds. The van der Waals surface area contributed by atoms with Gasteiger partial charge in [-0.3, -0.25) is 0 Å². The fraction of sp³-hybridized carbons (Fsp3) is 0.333. The van der Waals surface area contributed by atoms with Gasteiger partial charge in [0.2, 0.25) is 0 Å². The van der Waals surface area contributed by atoms with E-state index in [0.29, 0.717) is 15.8 Å². The van der Waals surface area contributed by atoms with Gasteiger partial charge in [0.15, 0.2) is 0 Å². The lowest BCUT2D eigenvalue weighted by Gasteiger charge is -2.23. The molecule has 0 heterocycles. The Morgan fingerprint density at radius 3 is 2.29 bits per heavy atom. The fourth-order valence-corrected chi connectivity index (χ4v) is 3.37. The first-order valence-electron chi connectivity index (χ1n) is 8.24. The van der Waals surface area contributed by atoms with Crippen LogP contribution in [0.2, 0.25) is 0 Å². The second kappa shape index (κ2) is 9.16. The van der Waals surface area contributed by atoms with Gasteiger partial charge in [-0.25, -0.2) is 8.42 Å². The van der Waals surface area contributed by atoms with E-state index >= 15 is 0 Å². The number of benzene rings is 2. The molecule has 0 saturated carbocycles. The third-order valence-corrected chi connectivity index (χ3v) is 5.36. The van der Waals surface area contributed by atoms with Crippen LogP contribution in [0, 0.1) is 0 Å². The topological polar surface area (TPSA) is 76.1 Å². The van der Waals surface area contributed by atoms with Crippen molar-refractivity contribution >= 4 is 10.0 Å². The molecular formula is C18H20F3NO5S. The first-order valence-corrected chi connectivity index (χ1v) is 9.68. The molecule has 0 spiro atoms. The van der Waals surface area contributed by atoms with Crippen LogP contribution in [0.4, 0.5) is 13.2 Å². The molecule has 0 radical (unpaired) electrons. The van der Waals surface area contributed by atoms with Gasteiger partial charge in [-0.05, 0) is 48.4 Å². The quantitative estimate of drug-likeness (QED) is 0.630. The lowest BCUT2D eigenvalue weighted by molar-refractivity contribution is -0.0492. The minimum absolute atomic E-state index is 0.0241. The van der Waals surface area contributed by atoms with E-state index in [2.05, 4.69) is 0 Å². The van der Waals surface area contributed by atoms with E-state index in [0.717, 1.165) is 0 Å². The molecule has 10 heteroatoms. The van der Waals surface area contributed by atoms with Crippen LogP contribution in [-0.4, -0.2) is 43.6 Å². The maximum atomic E-state index is 13.0. The summed E-state index contributed by atoms with van der Waals surface area (Å²) in [6.07, 6.45) is 0.0418. The number of alkyl halides is 3. The highest BCUT2D eigenvalue weighted by molar-refractivity contribution is 7.89. The van der Waals surface area contributed by atoms with Crippen LogP contribution in [0.1, 0.15) is 12.0 Å². The van der Waals surface area contributed by atoms with Crippen molar-refractivity contribution in [2.75, 3.05) is 20.3 Å². The summed E-state index contributed by atoms with van der Waals surface area (Å²) in [4.78, 5) is 0. The van der Waals surface area contributed by atoms with Gasteiger partial charge in [-0.1, -0.05) is 12.1 Å². The van der Waals surface area contributed by atoms with E-state index in [-0.39, 0.29) is 24.3 Å². The standard InChI is InChI=1S/C18H20F3NO5S/c1-26-16-6-8-17(9-7-16)27-11-3-10-22(28(24,25)18(19,20)21)13-14-4-2-5-15(23)12-14/h2,4-9,12,23H,3,10-11,13H2,1H3. The Morgan fingerprint density at radius 2 is 1.71 bits per heavy atom. The van der Waals surface area contributed by atoms with Gasteiger partial charge in [0.25, 0.3) is 0 Å². The van der Waals surface area contributed by atoms with Gasteiger partial charge in [-0.2, -0.15) is 17.5 Å². The molecule has 2 aromatic carbocycles. The van der Waals surface area contributed by atoms with Crippen LogP contribution in [0.15, 0.2) is 48.5 Å². The van der Waals surface area contributed by atoms with Gasteiger partial charge in [0.05, 0.1) is 13.7 Å². The number of methoxy groups -OCH3 is 1. The Morgan fingerprint density at radius 1 is 1.07 bits per heavy atom. The Kier molecular flexibility index (Phi) is 7.14. The SMILES string of the molecule is COc1ccc(OCCCN(Cc2cccc(O)c2)S(=O)(=O)C(F)(F)F)cc1. The maximum Gasteiger partial charge on any atom is 0.511 e. The molecule has 0 bridgehead atoms. The molecule has 1 N–H and O–H groups in total. The number of aromatic hydroxyl groups is 1. The predicted octanol–water partition coefficient (Wildman–Crippen LogP) is 3.52. The van der Waals surface area contributed by atoms with Gasteiger partial charge in [0, 0.05) is 13.1 Å². The van der Waals surface area contributed by atoms with E-state index in [1.165, 1.54) is 31.4 Å². The number of phenols is 1. The molecule has 0 unspecified atom stereocenters. The molecule has 2 aromatic rings. The zero-order valence-electron chi connectivity index (χ0n) is 15.0. The van der Waals surface area contributed by atoms with E-state index < -0.39 is 28.6 Å². The molecule has 154 valence electrons. The summed E-state index contributed by atoms with van der Waals surface area (Å²) >= 11 is 0. The van der Waals surface area contributed by atoms with Gasteiger partial charge >= 0.3 is 15.5 Å². The highest BCUT2D eigenvalue weighted by Crippen LogP contribution is 2.28. The number of halogens is 3. The molecule has 0 aliphatic rings. The van der Waals surface area contributed by atoms with E-state index in [1.54, 1.807) is 24.3 Å². The van der Waals surface area contributed by atoms with Crippen molar-refractivity contribution in [3.63, 3.8) is 0 Å². The summed E-state index contributed by atoms with van der Waals surface area (Å²) in [6, 6.07) is 12.0. The smallest absolute Gasteiger partial charge is 0.508 e. The summed E-state index contributed by atoms with van der Waals surface area (Å²) in [7, 11) is -4.01. The first kappa shape index (κ1) is 21.8. The van der Waals surface area contributed by atoms with Crippen LogP contribution in [-0.2, 0) is 16.6 Å². The van der Waals surface area contributed by atoms with Crippen LogP contribution in [0.25, 0.3) is 0 Å². The predicted molar refractivity (Wildman–Crippen MR) is 96.6 cm³/mol. The van der Waals surface area contributed by atoms with Crippen molar-refractivity contribution in [1.29, 1.82) is 0 Å². The van der Waals surface area contributed by atoms with Gasteiger partial charge < -0.3 is 14.6 Å². The average Bonchev–Trinajstić information content (AvgIpc) is 2.63. The van der Waals surface area contributed by atoms with Crippen molar-refractivity contribution in [3.8, 4) is 17.2 Å². The summed E-state index contributed by atoms with van der Waals surface area (Å²) in [6.45, 7) is -0.886. The molecule has 0 saturated heterocycles. The Balaban J connectivity index is 2.02. The summed E-state index contributed by atoms with van der Waals surface area (Å²) < 4.78 is 73.5. The second-order valence-corrected chi connectivity index (χ2v) is 7.76. The molecule has 6 nitrogen and oxygen atoms in total. The number of hydrogen-bond donors (Lipinski definition) is 1. The number of ether oxygens (including phenoxy) is 2. The molecule has 0 aliphatic heterocycles. The highest BCUT2D eigenvalue weighted by atomic mass is 32.2. The minimum Gasteiger partial charge on any atom is -0.508 e. The number of hydrogen-bond acceptors (Lipinski definition) is 5. The van der Waals surface area contributed by atoms with Crippen molar-refractivity contribution in [3.05, 3.63) is 54.1 Å². The molecule has 0 atom stereocenters. The molecule has 0 aliphatic carbocycles. The largest absolute Gasteiger partial charge is 0.511 e. The Hall–Kier alpha value is -2.46. The van der Waals surface area contributed by atoms with Crippen molar-refractivity contribution in [1.82, 2.24) is 4.31 Å². The number of nitrogens with zero attached hydrogens (tertiary/aromatic N) is 1. The van der Waals surface area contributed by atoms with Crippen LogP contribution >= 0.6 is 0 Å². The van der Waals surface area contributed by atoms with Gasteiger partial charge in [0.1, 0.15) is 17.2 Å². The Labute approximate surface area is 161 Å². The zero-order valence-corrected chi connectivity index (χ0v) is 15.8. The summed E-state index contributed by atoms with van der Waals surface area (Å²) in [5.74, 6) is 0.949. The lowest BCUT2D eigenvalue weighted by Crippen LogP contribution is -2.41. The molecule has 0 aromatic heterocycles. The summed E-state index contributed by atoms with van der Waals surface area (Å²) in [5.41, 5.74) is -5.18. The number of sulfonamides is 1. The van der Waals surface area contributed by atoms with E-state index in [4.69, 9.17) is 9.47 Å². The second-order valence-electron chi connectivity index (χ2n) is 5.83. The molecule has 2 rings (SSSR count). The van der Waals surface area contributed by atoms with Crippen LogP contribution in [0.3, 0.4) is 0 Å². The molecule has 0 fully saturated rings. The number of phenolic OH excluding ortho intramolecular Hbond substituents is 1. The monoisotopic (exact) mass is 419 g/mol. The summed E-state index contributed by atoms with van der Waals surface area (Å²) in [5, 5.41) is 9.45. The zero-order chi connectivity index (χ0) is 20.8. The average molecular weight is 419 g/mol. The Bertz CT molecular complexity index is 870. The van der Waals surface area contributed by atoms with E-state index in [9.17, 15) is 26.7 Å². The van der Waals surface area contributed by atoms with Crippen molar-refractivity contribution in [2.24, 2.45) is 0 Å². The van der Waals surface area contributed by atoms with Crippen LogP contribution in [0.5, 0.6) is 17.2 Å². The normalized spacial score (nSPS) is 12.2. The van der Waals surface area contributed by atoms with Gasteiger partial charge in [-0.15, -0.1) is 0 Å². The lowest BCUT2D eigenvalue weighted by atomic mass is 10.2. The van der Waals surface area contributed by atoms with Crippen LogP contribution < -0.4 is 9.47 Å². The highest BCUT2D eigenvalue weighted by Gasteiger charge is 2.49. The van der Waals surface area contributed by atoms with Crippen molar-refractivity contribution < 1.29 is 36.2 Å². The third-order valence-electron chi connectivity index (χ3n) is 3.78.